The Morgan fingerprint density at radius 1 is 1.59 bits per heavy atom. The molecule has 1 atom stereocenters. The zero-order valence-electron chi connectivity index (χ0n) is 9.53. The molecule has 0 radical (unpaired) electrons. The van der Waals surface area contributed by atoms with Gasteiger partial charge in [0.2, 0.25) is 0 Å². The number of nitrogens with one attached hydrogen (secondary N) is 1. The Bertz CT molecular complexity index is 416. The van der Waals surface area contributed by atoms with Gasteiger partial charge in [-0.05, 0) is 31.0 Å². The first kappa shape index (κ1) is 12.2. The number of methoxy groups -OCH3 is 1. The van der Waals surface area contributed by atoms with E-state index in [2.05, 4.69) is 5.32 Å². The summed E-state index contributed by atoms with van der Waals surface area (Å²) in [6, 6.07) is 5.09. The van der Waals surface area contributed by atoms with Crippen LogP contribution in [0.15, 0.2) is 18.2 Å². The Kier molecular flexibility index (Phi) is 3.86. The summed E-state index contributed by atoms with van der Waals surface area (Å²) in [6.07, 6.45) is 1.32. The van der Waals surface area contributed by atoms with E-state index >= 15 is 0 Å². The molecule has 1 amide bonds. The average Bonchev–Trinajstić information content (AvgIpc) is 2.83. The van der Waals surface area contributed by atoms with Gasteiger partial charge in [-0.25, -0.2) is 0 Å². The molecule has 1 fully saturated rings. The molecule has 0 bridgehead atoms. The van der Waals surface area contributed by atoms with Crippen molar-refractivity contribution in [3.05, 3.63) is 23.2 Å². The maximum absolute atomic E-state index is 11.9. The molecular formula is C12H14ClNO3. The smallest absolute Gasteiger partial charge is 0.253 e. The summed E-state index contributed by atoms with van der Waals surface area (Å²) >= 11 is 5.88. The number of carbonyl (C=O) groups excluding carboxylic acids is 1. The lowest BCUT2D eigenvalue weighted by molar-refractivity contribution is -0.124. The van der Waals surface area contributed by atoms with Crippen LogP contribution in [0.1, 0.15) is 12.8 Å². The standard InChI is InChI=1S/C12H14ClNO3/c1-16-10-5-4-8(13)7-9(10)14-12(15)11-3-2-6-17-11/h4-5,7,11H,2-3,6H2,1H3,(H,14,15)/t11-/m0/s1. The minimum Gasteiger partial charge on any atom is -0.495 e. The molecule has 0 aromatic heterocycles. The molecule has 1 saturated heterocycles. The highest BCUT2D eigenvalue weighted by Crippen LogP contribution is 2.28. The zero-order valence-corrected chi connectivity index (χ0v) is 10.3. The number of ether oxygens (including phenoxy) is 2. The number of hydrogen-bond donors (Lipinski definition) is 1. The maximum atomic E-state index is 11.9. The van der Waals surface area contributed by atoms with Crippen molar-refractivity contribution < 1.29 is 14.3 Å². The molecule has 0 unspecified atom stereocenters. The second kappa shape index (κ2) is 5.38. The van der Waals surface area contributed by atoms with Gasteiger partial charge in [-0.3, -0.25) is 4.79 Å². The molecule has 17 heavy (non-hydrogen) atoms. The fourth-order valence-corrected chi connectivity index (χ4v) is 1.95. The van der Waals surface area contributed by atoms with E-state index in [0.29, 0.717) is 23.1 Å². The van der Waals surface area contributed by atoms with E-state index in [-0.39, 0.29) is 12.0 Å². The van der Waals surface area contributed by atoms with Crippen LogP contribution >= 0.6 is 11.6 Å². The first-order valence-corrected chi connectivity index (χ1v) is 5.84. The van der Waals surface area contributed by atoms with Crippen molar-refractivity contribution in [2.24, 2.45) is 0 Å². The summed E-state index contributed by atoms with van der Waals surface area (Å²) in [5, 5.41) is 3.32. The molecule has 4 nitrogen and oxygen atoms in total. The highest BCUT2D eigenvalue weighted by atomic mass is 35.5. The Morgan fingerprint density at radius 2 is 2.41 bits per heavy atom. The van der Waals surface area contributed by atoms with Gasteiger partial charge in [0.05, 0.1) is 12.8 Å². The molecule has 0 saturated carbocycles. The van der Waals surface area contributed by atoms with Crippen LogP contribution in [0.25, 0.3) is 0 Å². The van der Waals surface area contributed by atoms with E-state index in [9.17, 15) is 4.79 Å². The number of hydrogen-bond acceptors (Lipinski definition) is 3. The first-order chi connectivity index (χ1) is 8.20. The summed E-state index contributed by atoms with van der Waals surface area (Å²) in [5.41, 5.74) is 0.570. The normalized spacial score (nSPS) is 19.1. The Balaban J connectivity index is 2.11. The second-order valence-electron chi connectivity index (χ2n) is 3.84. The fraction of sp³-hybridized carbons (Fsp3) is 0.417. The van der Waals surface area contributed by atoms with Crippen LogP contribution in [0.3, 0.4) is 0 Å². The lowest BCUT2D eigenvalue weighted by Crippen LogP contribution is -2.27. The molecule has 92 valence electrons. The topological polar surface area (TPSA) is 47.6 Å². The lowest BCUT2D eigenvalue weighted by Gasteiger charge is -2.13. The molecule has 5 heteroatoms. The minimum absolute atomic E-state index is 0.150. The lowest BCUT2D eigenvalue weighted by atomic mass is 10.2. The van der Waals surface area contributed by atoms with Gasteiger partial charge in [0.15, 0.2) is 0 Å². The molecular weight excluding hydrogens is 242 g/mol. The molecule has 1 aliphatic rings. The Hall–Kier alpha value is -1.26. The molecule has 1 aliphatic heterocycles. The molecule has 1 aromatic carbocycles. The highest BCUT2D eigenvalue weighted by molar-refractivity contribution is 6.31. The van der Waals surface area contributed by atoms with Crippen molar-refractivity contribution in [2.45, 2.75) is 18.9 Å². The summed E-state index contributed by atoms with van der Waals surface area (Å²) in [7, 11) is 1.55. The molecule has 1 heterocycles. The summed E-state index contributed by atoms with van der Waals surface area (Å²) < 4.78 is 10.5. The van der Waals surface area contributed by atoms with Crippen LogP contribution < -0.4 is 10.1 Å². The predicted octanol–water partition coefficient (Wildman–Crippen LogP) is 2.47. The summed E-state index contributed by atoms with van der Waals surface area (Å²) in [5.74, 6) is 0.434. The Labute approximate surface area is 105 Å². The number of amides is 1. The van der Waals surface area contributed by atoms with Gasteiger partial charge in [0.1, 0.15) is 11.9 Å². The van der Waals surface area contributed by atoms with Gasteiger partial charge in [0, 0.05) is 11.6 Å². The van der Waals surface area contributed by atoms with Crippen LogP contribution in [0, 0.1) is 0 Å². The molecule has 1 N–H and O–H groups in total. The van der Waals surface area contributed by atoms with Crippen molar-refractivity contribution in [1.29, 1.82) is 0 Å². The van der Waals surface area contributed by atoms with E-state index < -0.39 is 0 Å². The van der Waals surface area contributed by atoms with Crippen molar-refractivity contribution in [3.8, 4) is 5.75 Å². The van der Waals surface area contributed by atoms with E-state index in [1.165, 1.54) is 0 Å². The van der Waals surface area contributed by atoms with Crippen molar-refractivity contribution in [3.63, 3.8) is 0 Å². The molecule has 1 aromatic rings. The summed E-state index contributed by atoms with van der Waals surface area (Å²) in [6.45, 7) is 0.644. The molecule has 0 aliphatic carbocycles. The first-order valence-electron chi connectivity index (χ1n) is 5.46. The number of benzene rings is 1. The van der Waals surface area contributed by atoms with Gasteiger partial charge in [-0.1, -0.05) is 11.6 Å². The minimum atomic E-state index is -0.362. The van der Waals surface area contributed by atoms with Crippen LogP contribution in [-0.2, 0) is 9.53 Å². The largest absolute Gasteiger partial charge is 0.495 e. The van der Waals surface area contributed by atoms with Crippen LogP contribution in [0.5, 0.6) is 5.75 Å². The van der Waals surface area contributed by atoms with Crippen molar-refractivity contribution >= 4 is 23.2 Å². The maximum Gasteiger partial charge on any atom is 0.253 e. The van der Waals surface area contributed by atoms with Crippen LogP contribution in [-0.4, -0.2) is 25.7 Å². The number of carbonyl (C=O) groups is 1. The van der Waals surface area contributed by atoms with E-state index in [4.69, 9.17) is 21.1 Å². The van der Waals surface area contributed by atoms with E-state index in [0.717, 1.165) is 12.8 Å². The van der Waals surface area contributed by atoms with Gasteiger partial charge in [-0.2, -0.15) is 0 Å². The average molecular weight is 256 g/mol. The predicted molar refractivity (Wildman–Crippen MR) is 65.6 cm³/mol. The third-order valence-electron chi connectivity index (χ3n) is 2.64. The SMILES string of the molecule is COc1ccc(Cl)cc1NC(=O)[C@@H]1CCCO1. The van der Waals surface area contributed by atoms with Crippen molar-refractivity contribution in [2.75, 3.05) is 19.0 Å². The van der Waals surface area contributed by atoms with E-state index in [1.54, 1.807) is 25.3 Å². The van der Waals surface area contributed by atoms with E-state index in [1.807, 2.05) is 0 Å². The number of anilines is 1. The molecule has 2 rings (SSSR count). The van der Waals surface area contributed by atoms with Gasteiger partial charge >= 0.3 is 0 Å². The number of halogens is 1. The number of rotatable bonds is 3. The third kappa shape index (κ3) is 2.90. The summed E-state index contributed by atoms with van der Waals surface area (Å²) in [4.78, 5) is 11.9. The zero-order chi connectivity index (χ0) is 12.3. The van der Waals surface area contributed by atoms with Gasteiger partial charge in [-0.15, -0.1) is 0 Å². The quantitative estimate of drug-likeness (QED) is 0.903. The van der Waals surface area contributed by atoms with Gasteiger partial charge < -0.3 is 14.8 Å². The fourth-order valence-electron chi connectivity index (χ4n) is 1.78. The highest BCUT2D eigenvalue weighted by Gasteiger charge is 2.24. The molecule has 0 spiro atoms. The monoisotopic (exact) mass is 255 g/mol. The van der Waals surface area contributed by atoms with Crippen molar-refractivity contribution in [1.82, 2.24) is 0 Å². The van der Waals surface area contributed by atoms with Crippen LogP contribution in [0.4, 0.5) is 5.69 Å². The van der Waals surface area contributed by atoms with Crippen LogP contribution in [0.2, 0.25) is 5.02 Å². The second-order valence-corrected chi connectivity index (χ2v) is 4.27. The Morgan fingerprint density at radius 3 is 3.06 bits per heavy atom. The van der Waals surface area contributed by atoms with Gasteiger partial charge in [0.25, 0.3) is 5.91 Å². The third-order valence-corrected chi connectivity index (χ3v) is 2.88.